The average Bonchev–Trinajstić information content (AvgIpc) is 2.53. The van der Waals surface area contributed by atoms with Crippen molar-refractivity contribution in [3.05, 3.63) is 29.8 Å². The molecule has 0 aromatic heterocycles. The molecule has 0 saturated heterocycles. The molecule has 112 valence electrons. The van der Waals surface area contributed by atoms with Gasteiger partial charge in [0.2, 0.25) is 0 Å². The number of benzene rings is 1. The second kappa shape index (κ2) is 7.62. The maximum Gasteiger partial charge on any atom is 0.122 e. The van der Waals surface area contributed by atoms with E-state index < -0.39 is 18.8 Å². The first-order valence-corrected chi connectivity index (χ1v) is 7.41. The zero-order valence-corrected chi connectivity index (χ0v) is 11.7. The second-order valence-corrected chi connectivity index (χ2v) is 5.50. The molecular weight excluding hydrogens is 256 g/mol. The molecule has 2 rings (SSSR count). The van der Waals surface area contributed by atoms with Gasteiger partial charge in [0.25, 0.3) is 0 Å². The third kappa shape index (κ3) is 3.95. The first-order chi connectivity index (χ1) is 9.72. The zero-order chi connectivity index (χ0) is 14.4. The lowest BCUT2D eigenvalue weighted by atomic mass is 9.84. The van der Waals surface area contributed by atoms with E-state index in [0.717, 1.165) is 5.75 Å². The Morgan fingerprint density at radius 2 is 1.75 bits per heavy atom. The van der Waals surface area contributed by atoms with Crippen molar-refractivity contribution < 1.29 is 20.1 Å². The molecule has 1 aromatic carbocycles. The monoisotopic (exact) mass is 280 g/mol. The van der Waals surface area contributed by atoms with Crippen LogP contribution in [0.4, 0.5) is 0 Å². The van der Waals surface area contributed by atoms with E-state index in [2.05, 4.69) is 6.07 Å². The Balaban J connectivity index is 2.00. The second-order valence-electron chi connectivity index (χ2n) is 5.50. The van der Waals surface area contributed by atoms with E-state index >= 15 is 0 Å². The van der Waals surface area contributed by atoms with Crippen molar-refractivity contribution in [1.82, 2.24) is 0 Å². The van der Waals surface area contributed by atoms with Crippen LogP contribution in [0.5, 0.6) is 5.75 Å². The number of para-hydroxylation sites is 1. The van der Waals surface area contributed by atoms with Gasteiger partial charge in [-0.2, -0.15) is 0 Å². The van der Waals surface area contributed by atoms with Crippen LogP contribution in [0.2, 0.25) is 0 Å². The molecule has 4 nitrogen and oxygen atoms in total. The van der Waals surface area contributed by atoms with Gasteiger partial charge >= 0.3 is 0 Å². The number of hydrogen-bond donors (Lipinski definition) is 3. The van der Waals surface area contributed by atoms with Crippen LogP contribution in [0.3, 0.4) is 0 Å². The highest BCUT2D eigenvalue weighted by molar-refractivity contribution is 5.36. The van der Waals surface area contributed by atoms with Crippen LogP contribution >= 0.6 is 0 Å². The van der Waals surface area contributed by atoms with Crippen LogP contribution in [-0.2, 0) is 0 Å². The molecular formula is C16H24O4. The number of hydrogen-bond acceptors (Lipinski definition) is 4. The van der Waals surface area contributed by atoms with E-state index in [-0.39, 0.29) is 6.61 Å². The van der Waals surface area contributed by atoms with Crippen molar-refractivity contribution in [2.75, 3.05) is 13.2 Å². The molecule has 1 aliphatic rings. The van der Waals surface area contributed by atoms with Crippen molar-refractivity contribution in [3.63, 3.8) is 0 Å². The van der Waals surface area contributed by atoms with Crippen molar-refractivity contribution in [2.45, 2.75) is 50.2 Å². The molecule has 0 amide bonds. The van der Waals surface area contributed by atoms with Crippen LogP contribution in [0, 0.1) is 0 Å². The SMILES string of the molecule is OC[C@@H](O)[C@@H](O)COc1ccccc1C1CCCCC1. The summed E-state index contributed by atoms with van der Waals surface area (Å²) in [4.78, 5) is 0. The smallest absolute Gasteiger partial charge is 0.122 e. The van der Waals surface area contributed by atoms with Gasteiger partial charge in [-0.25, -0.2) is 0 Å². The number of aliphatic hydroxyl groups excluding tert-OH is 3. The van der Waals surface area contributed by atoms with E-state index in [1.807, 2.05) is 18.2 Å². The molecule has 0 bridgehead atoms. The molecule has 0 unspecified atom stereocenters. The highest BCUT2D eigenvalue weighted by atomic mass is 16.5. The van der Waals surface area contributed by atoms with Gasteiger partial charge in [0, 0.05) is 0 Å². The van der Waals surface area contributed by atoms with Crippen LogP contribution < -0.4 is 4.74 Å². The Kier molecular flexibility index (Phi) is 5.83. The first-order valence-electron chi connectivity index (χ1n) is 7.41. The van der Waals surface area contributed by atoms with E-state index in [1.165, 1.54) is 37.7 Å². The Hall–Kier alpha value is -1.10. The van der Waals surface area contributed by atoms with Crippen molar-refractivity contribution in [3.8, 4) is 5.75 Å². The zero-order valence-electron chi connectivity index (χ0n) is 11.7. The summed E-state index contributed by atoms with van der Waals surface area (Å²) in [6, 6.07) is 7.91. The van der Waals surface area contributed by atoms with Crippen LogP contribution in [-0.4, -0.2) is 40.7 Å². The maximum atomic E-state index is 9.65. The molecule has 3 N–H and O–H groups in total. The first kappa shape index (κ1) is 15.3. The molecule has 1 aliphatic carbocycles. The van der Waals surface area contributed by atoms with Crippen LogP contribution in [0.25, 0.3) is 0 Å². The predicted molar refractivity (Wildman–Crippen MR) is 76.9 cm³/mol. The van der Waals surface area contributed by atoms with Crippen LogP contribution in [0.15, 0.2) is 24.3 Å². The molecule has 0 spiro atoms. The van der Waals surface area contributed by atoms with Crippen molar-refractivity contribution in [1.29, 1.82) is 0 Å². The van der Waals surface area contributed by atoms with Crippen LogP contribution in [0.1, 0.15) is 43.6 Å². The normalized spacial score (nSPS) is 19.6. The lowest BCUT2D eigenvalue weighted by Crippen LogP contribution is -2.34. The molecule has 20 heavy (non-hydrogen) atoms. The Morgan fingerprint density at radius 3 is 2.45 bits per heavy atom. The molecule has 0 aliphatic heterocycles. The van der Waals surface area contributed by atoms with E-state index in [0.29, 0.717) is 5.92 Å². The van der Waals surface area contributed by atoms with E-state index in [4.69, 9.17) is 9.84 Å². The number of ether oxygens (including phenoxy) is 1. The van der Waals surface area contributed by atoms with E-state index in [9.17, 15) is 10.2 Å². The summed E-state index contributed by atoms with van der Waals surface area (Å²) in [5.74, 6) is 1.31. The molecule has 2 atom stereocenters. The summed E-state index contributed by atoms with van der Waals surface area (Å²) >= 11 is 0. The average molecular weight is 280 g/mol. The minimum absolute atomic E-state index is 0.00847. The molecule has 0 heterocycles. The molecule has 1 aromatic rings. The Bertz CT molecular complexity index is 401. The fourth-order valence-corrected chi connectivity index (χ4v) is 2.77. The van der Waals surface area contributed by atoms with E-state index in [1.54, 1.807) is 0 Å². The lowest BCUT2D eigenvalue weighted by Gasteiger charge is -2.25. The lowest BCUT2D eigenvalue weighted by molar-refractivity contribution is -0.0341. The molecule has 0 radical (unpaired) electrons. The van der Waals surface area contributed by atoms with Gasteiger partial charge in [0.05, 0.1) is 6.61 Å². The fourth-order valence-electron chi connectivity index (χ4n) is 2.77. The summed E-state index contributed by atoms with van der Waals surface area (Å²) in [7, 11) is 0. The summed E-state index contributed by atoms with van der Waals surface area (Å²) in [6.07, 6.45) is 3.96. The quantitative estimate of drug-likeness (QED) is 0.743. The molecule has 1 saturated carbocycles. The fraction of sp³-hybridized carbons (Fsp3) is 0.625. The molecule has 1 fully saturated rings. The van der Waals surface area contributed by atoms with Gasteiger partial charge < -0.3 is 20.1 Å². The highest BCUT2D eigenvalue weighted by Gasteiger charge is 2.20. The third-order valence-corrected chi connectivity index (χ3v) is 4.00. The maximum absolute atomic E-state index is 9.65. The summed E-state index contributed by atoms with van der Waals surface area (Å²) < 4.78 is 5.65. The minimum atomic E-state index is -1.16. The van der Waals surface area contributed by atoms with Gasteiger partial charge in [-0.05, 0) is 30.4 Å². The summed E-state index contributed by atoms with van der Waals surface area (Å²) in [5, 5.41) is 27.8. The third-order valence-electron chi connectivity index (χ3n) is 4.00. The molecule has 4 heteroatoms. The summed E-state index contributed by atoms with van der Waals surface area (Å²) in [5.41, 5.74) is 1.19. The van der Waals surface area contributed by atoms with Gasteiger partial charge in [-0.1, -0.05) is 37.5 Å². The van der Waals surface area contributed by atoms with Crippen molar-refractivity contribution >= 4 is 0 Å². The standard InChI is InChI=1S/C16H24O4/c17-10-14(18)15(19)11-20-16-9-5-4-8-13(16)12-6-2-1-3-7-12/h4-5,8-9,12,14-15,17-19H,1-3,6-7,10-11H2/t14-,15+/m1/s1. The summed E-state index contributed by atoms with van der Waals surface area (Å²) in [6.45, 7) is -0.472. The van der Waals surface area contributed by atoms with Crippen molar-refractivity contribution in [2.24, 2.45) is 0 Å². The largest absolute Gasteiger partial charge is 0.490 e. The highest BCUT2D eigenvalue weighted by Crippen LogP contribution is 2.37. The topological polar surface area (TPSA) is 69.9 Å². The van der Waals surface area contributed by atoms with Gasteiger partial charge in [-0.15, -0.1) is 0 Å². The number of aliphatic hydroxyl groups is 3. The number of rotatable bonds is 6. The van der Waals surface area contributed by atoms with Gasteiger partial charge in [0.1, 0.15) is 24.6 Å². The Labute approximate surface area is 120 Å². The van der Waals surface area contributed by atoms with Gasteiger partial charge in [0.15, 0.2) is 0 Å². The predicted octanol–water partition coefficient (Wildman–Crippen LogP) is 1.83. The van der Waals surface area contributed by atoms with Gasteiger partial charge in [-0.3, -0.25) is 0 Å². The minimum Gasteiger partial charge on any atom is -0.490 e. The Morgan fingerprint density at radius 1 is 1.05 bits per heavy atom.